The van der Waals surface area contributed by atoms with E-state index < -0.39 is 28.8 Å². The van der Waals surface area contributed by atoms with Crippen molar-refractivity contribution in [1.29, 1.82) is 0 Å². The molecule has 7 heteroatoms. The first-order valence-corrected chi connectivity index (χ1v) is 13.7. The fourth-order valence-electron chi connectivity index (χ4n) is 8.51. The normalized spacial score (nSPS) is 38.7. The number of benzene rings is 1. The van der Waals surface area contributed by atoms with E-state index in [1.165, 1.54) is 0 Å². The largest absolute Gasteiger partial charge is 0.508 e. The first kappa shape index (κ1) is 26.1. The Morgan fingerprint density at radius 3 is 2.54 bits per heavy atom. The molecular weight excluding hydrogens is 470 g/mol. The monoisotopic (exact) mass is 509 g/mol. The minimum atomic E-state index is -1.64. The molecule has 200 valence electrons. The van der Waals surface area contributed by atoms with Gasteiger partial charge in [0.2, 0.25) is 5.91 Å². The topological polar surface area (TPSA) is 124 Å². The van der Waals surface area contributed by atoms with Crippen molar-refractivity contribution in [2.75, 3.05) is 6.54 Å². The van der Waals surface area contributed by atoms with Crippen molar-refractivity contribution in [3.8, 4) is 5.75 Å². The summed E-state index contributed by atoms with van der Waals surface area (Å²) in [6.07, 6.45) is 5.54. The molecule has 0 heterocycles. The van der Waals surface area contributed by atoms with Gasteiger partial charge in [-0.2, -0.15) is 0 Å². The highest BCUT2D eigenvalue weighted by molar-refractivity contribution is 6.02. The zero-order chi connectivity index (χ0) is 26.6. The van der Waals surface area contributed by atoms with E-state index in [0.29, 0.717) is 38.6 Å². The predicted octanol–water partition coefficient (Wildman–Crippen LogP) is 3.24. The third kappa shape index (κ3) is 4.24. The molecule has 0 aliphatic heterocycles. The molecule has 7 nitrogen and oxygen atoms in total. The fraction of sp³-hybridized carbons (Fsp3) is 0.633. The molecule has 1 amide bonds. The van der Waals surface area contributed by atoms with E-state index in [9.17, 15) is 29.7 Å². The lowest BCUT2D eigenvalue weighted by Gasteiger charge is -2.60. The number of rotatable bonds is 6. The summed E-state index contributed by atoms with van der Waals surface area (Å²) in [7, 11) is 0. The highest BCUT2D eigenvalue weighted by Crippen LogP contribution is 2.67. The van der Waals surface area contributed by atoms with Crippen LogP contribution in [0.3, 0.4) is 0 Å². The van der Waals surface area contributed by atoms with E-state index in [-0.39, 0.29) is 41.1 Å². The summed E-state index contributed by atoms with van der Waals surface area (Å²) in [5.74, 6) is -0.250. The van der Waals surface area contributed by atoms with Gasteiger partial charge in [-0.05, 0) is 91.9 Å². The number of hydrogen-bond donors (Lipinski definition) is 4. The molecule has 1 unspecified atom stereocenters. The van der Waals surface area contributed by atoms with Gasteiger partial charge in [-0.1, -0.05) is 31.6 Å². The Hall–Kier alpha value is -2.51. The summed E-state index contributed by atoms with van der Waals surface area (Å²) in [5, 5.41) is 35.5. The van der Waals surface area contributed by atoms with Crippen molar-refractivity contribution in [2.24, 2.45) is 28.6 Å². The number of hydrogen-bond acceptors (Lipinski definition) is 6. The molecule has 5 rings (SSSR count). The Bertz CT molecular complexity index is 1130. The van der Waals surface area contributed by atoms with Gasteiger partial charge in [0.05, 0.1) is 12.5 Å². The second kappa shape index (κ2) is 9.35. The maximum absolute atomic E-state index is 13.4. The highest BCUT2D eigenvalue weighted by Gasteiger charge is 2.68. The molecule has 3 fully saturated rings. The van der Waals surface area contributed by atoms with Crippen LogP contribution in [0.1, 0.15) is 70.8 Å². The van der Waals surface area contributed by atoms with Crippen LogP contribution in [0, 0.1) is 28.6 Å². The van der Waals surface area contributed by atoms with Gasteiger partial charge in [-0.15, -0.1) is 0 Å². The number of ketones is 2. The third-order valence-corrected chi connectivity index (χ3v) is 10.5. The molecule has 1 aromatic carbocycles. The predicted molar refractivity (Wildman–Crippen MR) is 137 cm³/mol. The van der Waals surface area contributed by atoms with Crippen molar-refractivity contribution in [3.63, 3.8) is 0 Å². The number of carbonyl (C=O) groups is 3. The third-order valence-electron chi connectivity index (χ3n) is 10.5. The molecule has 1 aromatic rings. The minimum Gasteiger partial charge on any atom is -0.508 e. The number of nitrogens with one attached hydrogen (secondary N) is 1. The number of aliphatic hydroxyl groups is 2. The van der Waals surface area contributed by atoms with E-state index in [2.05, 4.69) is 12.2 Å². The second-order valence-corrected chi connectivity index (χ2v) is 12.3. The Labute approximate surface area is 218 Å². The van der Waals surface area contributed by atoms with Gasteiger partial charge in [-0.25, -0.2) is 0 Å². The average Bonchev–Trinajstić information content (AvgIpc) is 3.11. The van der Waals surface area contributed by atoms with Gasteiger partial charge in [-0.3, -0.25) is 14.4 Å². The molecule has 0 saturated heterocycles. The molecule has 0 spiro atoms. The zero-order valence-electron chi connectivity index (χ0n) is 21.8. The molecule has 7 atom stereocenters. The van der Waals surface area contributed by atoms with Crippen LogP contribution in [-0.4, -0.2) is 51.0 Å². The van der Waals surface area contributed by atoms with Crippen molar-refractivity contribution < 1.29 is 29.7 Å². The van der Waals surface area contributed by atoms with Crippen molar-refractivity contribution in [3.05, 3.63) is 41.5 Å². The van der Waals surface area contributed by atoms with Gasteiger partial charge in [0.1, 0.15) is 11.4 Å². The highest BCUT2D eigenvalue weighted by atomic mass is 16.3. The van der Waals surface area contributed by atoms with Crippen molar-refractivity contribution in [1.82, 2.24) is 5.32 Å². The lowest BCUT2D eigenvalue weighted by Crippen LogP contribution is -2.61. The van der Waals surface area contributed by atoms with Crippen LogP contribution < -0.4 is 5.32 Å². The zero-order valence-corrected chi connectivity index (χ0v) is 21.8. The molecular formula is C30H39NO6. The molecule has 4 N–H and O–H groups in total. The van der Waals surface area contributed by atoms with E-state index in [4.69, 9.17) is 0 Å². The number of aliphatic hydroxyl groups excluding tert-OH is 1. The van der Waals surface area contributed by atoms with Crippen LogP contribution in [0.25, 0.3) is 0 Å². The van der Waals surface area contributed by atoms with Crippen LogP contribution in [0.15, 0.2) is 35.9 Å². The van der Waals surface area contributed by atoms with Gasteiger partial charge >= 0.3 is 0 Å². The summed E-state index contributed by atoms with van der Waals surface area (Å²) in [6.45, 7) is 4.47. The van der Waals surface area contributed by atoms with Crippen LogP contribution in [-0.2, 0) is 20.8 Å². The standard InChI is InChI=1S/C30H39NO6/c1-28-12-9-21(33)15-19(28)5-8-22-23-10-13-30(37,29(23,2)17-24(34)27(22)28)25(35)16-26(36)31-14-11-18-3-6-20(32)7-4-18/h3-4,6-7,15,22-24,27,32,34,37H,5,8-14,16-17H2,1-2H3,(H,31,36)/t22-,23-,24?,27+,28-,29-,30-/m0/s1. The summed E-state index contributed by atoms with van der Waals surface area (Å²) in [5.41, 5.74) is -0.543. The maximum Gasteiger partial charge on any atom is 0.227 e. The first-order chi connectivity index (χ1) is 17.5. The first-order valence-electron chi connectivity index (χ1n) is 13.7. The lowest BCUT2D eigenvalue weighted by molar-refractivity contribution is -0.180. The van der Waals surface area contributed by atoms with Crippen LogP contribution in [0.5, 0.6) is 5.75 Å². The van der Waals surface area contributed by atoms with Crippen LogP contribution in [0.2, 0.25) is 0 Å². The van der Waals surface area contributed by atoms with E-state index in [1.807, 2.05) is 6.92 Å². The number of fused-ring (bicyclic) bond motifs is 5. The molecule has 0 radical (unpaired) electrons. The number of amides is 1. The smallest absolute Gasteiger partial charge is 0.227 e. The average molecular weight is 510 g/mol. The molecule has 37 heavy (non-hydrogen) atoms. The van der Waals surface area contributed by atoms with Gasteiger partial charge in [0.25, 0.3) is 0 Å². The van der Waals surface area contributed by atoms with E-state index in [1.54, 1.807) is 30.3 Å². The van der Waals surface area contributed by atoms with Gasteiger partial charge < -0.3 is 20.6 Å². The number of Topliss-reactive ketones (excluding diaryl/α,β-unsaturated/α-hetero) is 1. The molecule has 3 saturated carbocycles. The summed E-state index contributed by atoms with van der Waals surface area (Å²) >= 11 is 0. The number of allylic oxidation sites excluding steroid dienone is 1. The SMILES string of the molecule is C[C@]12CCC(=O)C=C1CC[C@@H]1[C@@H]2C(O)C[C@@]2(C)[C@H]1CC[C@]2(O)C(=O)CC(=O)NCCc1ccc(O)cc1. The van der Waals surface area contributed by atoms with Crippen LogP contribution >= 0.6 is 0 Å². The lowest BCUT2D eigenvalue weighted by atomic mass is 9.45. The number of phenols is 1. The van der Waals surface area contributed by atoms with Gasteiger partial charge in [0, 0.05) is 18.4 Å². The van der Waals surface area contributed by atoms with Crippen molar-refractivity contribution >= 4 is 17.5 Å². The molecule has 0 bridgehead atoms. The van der Waals surface area contributed by atoms with E-state index in [0.717, 1.165) is 30.4 Å². The fourth-order valence-corrected chi connectivity index (χ4v) is 8.51. The Kier molecular flexibility index (Phi) is 6.60. The Morgan fingerprint density at radius 2 is 1.81 bits per heavy atom. The molecule has 0 aromatic heterocycles. The second-order valence-electron chi connectivity index (χ2n) is 12.3. The summed E-state index contributed by atoms with van der Waals surface area (Å²) < 4.78 is 0. The van der Waals surface area contributed by atoms with Crippen molar-refractivity contribution in [2.45, 2.75) is 83.3 Å². The van der Waals surface area contributed by atoms with Crippen LogP contribution in [0.4, 0.5) is 0 Å². The maximum atomic E-state index is 13.4. The minimum absolute atomic E-state index is 0.0133. The summed E-state index contributed by atoms with van der Waals surface area (Å²) in [4.78, 5) is 38.1. The van der Waals surface area contributed by atoms with E-state index >= 15 is 0 Å². The number of carbonyl (C=O) groups excluding carboxylic acids is 3. The Morgan fingerprint density at radius 1 is 1.08 bits per heavy atom. The number of phenolic OH excluding ortho intramolecular Hbond substituents is 1. The van der Waals surface area contributed by atoms with Gasteiger partial charge in [0.15, 0.2) is 11.6 Å². The quantitative estimate of drug-likeness (QED) is 0.437. The molecule has 4 aliphatic rings. The Balaban J connectivity index is 1.27. The number of aromatic hydroxyl groups is 1. The summed E-state index contributed by atoms with van der Waals surface area (Å²) in [6, 6.07) is 6.75. The molecule has 4 aliphatic carbocycles.